The molecule has 1 heterocycles. The Morgan fingerprint density at radius 3 is 2.62 bits per heavy atom. The van der Waals surface area contributed by atoms with Gasteiger partial charge in [-0.2, -0.15) is 0 Å². The molecule has 1 rings (SSSR count). The molecule has 0 unspecified atom stereocenters. The van der Waals surface area contributed by atoms with E-state index in [9.17, 15) is 0 Å². The second-order valence-electron chi connectivity index (χ2n) is 3.71. The molecule has 2 nitrogen and oxygen atoms in total. The Labute approximate surface area is 90.4 Å². The normalized spacial score (nSPS) is 17.9. The molecule has 1 aliphatic rings. The third-order valence-electron chi connectivity index (χ3n) is 1.92. The van der Waals surface area contributed by atoms with Gasteiger partial charge in [-0.05, 0) is 5.92 Å². The molecule has 1 N–H and O–H groups in total. The van der Waals surface area contributed by atoms with Crippen molar-refractivity contribution in [2.24, 2.45) is 5.92 Å². The van der Waals surface area contributed by atoms with E-state index in [0.717, 1.165) is 42.2 Å². The fraction of sp³-hybridized carbons (Fsp3) is 0.889. The average molecular weight is 218 g/mol. The molecule has 0 radical (unpaired) electrons. The van der Waals surface area contributed by atoms with Crippen LogP contribution in [-0.2, 0) is 0 Å². The lowest BCUT2D eigenvalue weighted by Gasteiger charge is -2.29. The highest BCUT2D eigenvalue weighted by Crippen LogP contribution is 2.13. The molecule has 0 aliphatic carbocycles. The van der Waals surface area contributed by atoms with Crippen LogP contribution in [0.3, 0.4) is 0 Å². The Morgan fingerprint density at radius 1 is 1.46 bits per heavy atom. The molecule has 1 aliphatic heterocycles. The first kappa shape index (κ1) is 11.3. The number of nitrogens with zero attached hydrogens (tertiary/aromatic N) is 1. The molecule has 0 aromatic heterocycles. The van der Waals surface area contributed by atoms with Gasteiger partial charge in [-0.1, -0.05) is 37.8 Å². The molecule has 4 heteroatoms. The second kappa shape index (κ2) is 5.83. The number of nitrogens with one attached hydrogen (secondary N) is 1. The van der Waals surface area contributed by atoms with Crippen LogP contribution in [0, 0.1) is 5.92 Å². The maximum absolute atomic E-state index is 5.35. The van der Waals surface area contributed by atoms with Gasteiger partial charge in [0.15, 0.2) is 0 Å². The van der Waals surface area contributed by atoms with Gasteiger partial charge in [0.05, 0.1) is 0 Å². The van der Waals surface area contributed by atoms with E-state index in [1.165, 1.54) is 0 Å². The highest BCUT2D eigenvalue weighted by molar-refractivity contribution is 8.22. The van der Waals surface area contributed by atoms with Gasteiger partial charge in [0.25, 0.3) is 0 Å². The molecular weight excluding hydrogens is 200 g/mol. The van der Waals surface area contributed by atoms with Crippen LogP contribution in [0.5, 0.6) is 0 Å². The largest absolute Gasteiger partial charge is 0.355 e. The van der Waals surface area contributed by atoms with Crippen LogP contribution in [0.4, 0.5) is 0 Å². The van der Waals surface area contributed by atoms with Gasteiger partial charge in [-0.3, -0.25) is 0 Å². The first-order valence-corrected chi connectivity index (χ1v) is 6.22. The summed E-state index contributed by atoms with van der Waals surface area (Å²) in [7, 11) is 0. The third-order valence-corrected chi connectivity index (χ3v) is 3.87. The van der Waals surface area contributed by atoms with Crippen molar-refractivity contribution in [3.05, 3.63) is 0 Å². The summed E-state index contributed by atoms with van der Waals surface area (Å²) in [5.41, 5.74) is 0. The van der Waals surface area contributed by atoms with Crippen LogP contribution in [0.2, 0.25) is 0 Å². The zero-order valence-electron chi connectivity index (χ0n) is 8.38. The molecule has 0 saturated carbocycles. The smallest absolute Gasteiger partial charge is 0.136 e. The standard InChI is InChI=1S/C9H18N2S2/c1-8(2)7-13-9(12)11-5-3-10-4-6-11/h8,10H,3-7H2,1-2H3. The van der Waals surface area contributed by atoms with Crippen molar-refractivity contribution in [1.82, 2.24) is 10.2 Å². The molecule has 1 fully saturated rings. The molecule has 13 heavy (non-hydrogen) atoms. The van der Waals surface area contributed by atoms with Gasteiger partial charge in [0.1, 0.15) is 4.32 Å². The summed E-state index contributed by atoms with van der Waals surface area (Å²) >= 11 is 7.17. The first-order valence-electron chi connectivity index (χ1n) is 4.82. The Morgan fingerprint density at radius 2 is 2.08 bits per heavy atom. The maximum Gasteiger partial charge on any atom is 0.136 e. The SMILES string of the molecule is CC(C)CSC(=S)N1CCNCC1. The van der Waals surface area contributed by atoms with Crippen LogP contribution < -0.4 is 5.32 Å². The number of hydrogen-bond donors (Lipinski definition) is 1. The first-order chi connectivity index (χ1) is 6.20. The minimum Gasteiger partial charge on any atom is -0.355 e. The second-order valence-corrected chi connectivity index (χ2v) is 5.36. The molecular formula is C9H18N2S2. The quantitative estimate of drug-likeness (QED) is 0.707. The van der Waals surface area contributed by atoms with Crippen molar-refractivity contribution in [2.75, 3.05) is 31.9 Å². The number of thiocarbonyl (C=S) groups is 1. The maximum atomic E-state index is 5.35. The van der Waals surface area contributed by atoms with Gasteiger partial charge >= 0.3 is 0 Å². The number of thioether (sulfide) groups is 1. The molecule has 0 atom stereocenters. The Hall–Kier alpha value is 0.200. The summed E-state index contributed by atoms with van der Waals surface area (Å²) in [6.07, 6.45) is 0. The average Bonchev–Trinajstić information content (AvgIpc) is 2.15. The molecule has 0 aromatic carbocycles. The van der Waals surface area contributed by atoms with E-state index in [0.29, 0.717) is 0 Å². The minimum absolute atomic E-state index is 0.728. The van der Waals surface area contributed by atoms with Crippen molar-refractivity contribution >= 4 is 28.3 Å². The summed E-state index contributed by atoms with van der Waals surface area (Å²) in [4.78, 5) is 2.30. The molecule has 0 spiro atoms. The zero-order valence-corrected chi connectivity index (χ0v) is 10.0. The van der Waals surface area contributed by atoms with Gasteiger partial charge in [-0.15, -0.1) is 0 Å². The fourth-order valence-electron chi connectivity index (χ4n) is 1.18. The van der Waals surface area contributed by atoms with Crippen LogP contribution in [0.1, 0.15) is 13.8 Å². The van der Waals surface area contributed by atoms with Crippen molar-refractivity contribution in [2.45, 2.75) is 13.8 Å². The number of rotatable bonds is 2. The lowest BCUT2D eigenvalue weighted by molar-refractivity contribution is 0.368. The minimum atomic E-state index is 0.728. The van der Waals surface area contributed by atoms with E-state index in [1.54, 1.807) is 0 Å². The fourth-order valence-corrected chi connectivity index (χ4v) is 2.40. The van der Waals surface area contributed by atoms with E-state index in [2.05, 4.69) is 24.1 Å². The van der Waals surface area contributed by atoms with E-state index < -0.39 is 0 Å². The van der Waals surface area contributed by atoms with Gasteiger partial charge in [0.2, 0.25) is 0 Å². The zero-order chi connectivity index (χ0) is 9.68. The third kappa shape index (κ3) is 4.29. The molecule has 1 saturated heterocycles. The van der Waals surface area contributed by atoms with Crippen LogP contribution in [0.25, 0.3) is 0 Å². The predicted octanol–water partition coefficient (Wildman–Crippen LogP) is 1.57. The van der Waals surface area contributed by atoms with Crippen molar-refractivity contribution < 1.29 is 0 Å². The van der Waals surface area contributed by atoms with Crippen molar-refractivity contribution in [3.8, 4) is 0 Å². The highest BCUT2D eigenvalue weighted by Gasteiger charge is 2.13. The van der Waals surface area contributed by atoms with Gasteiger partial charge in [0, 0.05) is 31.9 Å². The lowest BCUT2D eigenvalue weighted by atomic mass is 10.3. The summed E-state index contributed by atoms with van der Waals surface area (Å²) in [5.74, 6) is 1.87. The van der Waals surface area contributed by atoms with Crippen LogP contribution in [0.15, 0.2) is 0 Å². The molecule has 0 amide bonds. The summed E-state index contributed by atoms with van der Waals surface area (Å²) in [5, 5.41) is 3.32. The van der Waals surface area contributed by atoms with Gasteiger partial charge < -0.3 is 10.2 Å². The van der Waals surface area contributed by atoms with Crippen molar-refractivity contribution in [3.63, 3.8) is 0 Å². The number of piperazine rings is 1. The van der Waals surface area contributed by atoms with Crippen molar-refractivity contribution in [1.29, 1.82) is 0 Å². The molecule has 76 valence electrons. The summed E-state index contributed by atoms with van der Waals surface area (Å²) in [6, 6.07) is 0. The Balaban J connectivity index is 2.21. The van der Waals surface area contributed by atoms with E-state index in [4.69, 9.17) is 12.2 Å². The molecule has 0 aromatic rings. The summed E-state index contributed by atoms with van der Waals surface area (Å²) in [6.45, 7) is 8.75. The lowest BCUT2D eigenvalue weighted by Crippen LogP contribution is -2.45. The van der Waals surface area contributed by atoms with E-state index >= 15 is 0 Å². The molecule has 0 bridgehead atoms. The highest BCUT2D eigenvalue weighted by atomic mass is 32.2. The van der Waals surface area contributed by atoms with E-state index in [1.807, 2.05) is 11.8 Å². The Kier molecular flexibility index (Phi) is 5.06. The van der Waals surface area contributed by atoms with Crippen LogP contribution >= 0.6 is 24.0 Å². The Bertz CT molecular complexity index is 165. The topological polar surface area (TPSA) is 15.3 Å². The van der Waals surface area contributed by atoms with Gasteiger partial charge in [-0.25, -0.2) is 0 Å². The monoisotopic (exact) mass is 218 g/mol. The predicted molar refractivity (Wildman–Crippen MR) is 64.3 cm³/mol. The summed E-state index contributed by atoms with van der Waals surface area (Å²) < 4.78 is 1.08. The van der Waals surface area contributed by atoms with E-state index in [-0.39, 0.29) is 0 Å². The van der Waals surface area contributed by atoms with Crippen LogP contribution in [-0.4, -0.2) is 41.2 Å². The number of hydrogen-bond acceptors (Lipinski definition) is 3.